The molecule has 0 bridgehead atoms. The second kappa shape index (κ2) is 10.5. The van der Waals surface area contributed by atoms with Gasteiger partial charge < -0.3 is 9.30 Å². The Morgan fingerprint density at radius 2 is 1.69 bits per heavy atom. The first-order valence-corrected chi connectivity index (χ1v) is 12.5. The fourth-order valence-electron chi connectivity index (χ4n) is 4.92. The van der Waals surface area contributed by atoms with Crippen LogP contribution in [0.1, 0.15) is 24.4 Å². The van der Waals surface area contributed by atoms with E-state index in [0.717, 1.165) is 5.56 Å². The van der Waals surface area contributed by atoms with Gasteiger partial charge in [0, 0.05) is 38.3 Å². The van der Waals surface area contributed by atoms with Crippen molar-refractivity contribution in [2.24, 2.45) is 7.05 Å². The van der Waals surface area contributed by atoms with E-state index in [1.807, 2.05) is 0 Å². The molecule has 5 rings (SSSR count). The van der Waals surface area contributed by atoms with E-state index in [2.05, 4.69) is 14.6 Å². The molecule has 0 unspecified atom stereocenters. The molecule has 1 fully saturated rings. The van der Waals surface area contributed by atoms with Crippen LogP contribution in [0.15, 0.2) is 64.2 Å². The topological polar surface area (TPSA) is 69.4 Å². The van der Waals surface area contributed by atoms with Crippen LogP contribution in [0.4, 0.5) is 17.6 Å². The average molecular weight is 563 g/mol. The van der Waals surface area contributed by atoms with Crippen LogP contribution in [0.25, 0.3) is 22.4 Å². The lowest BCUT2D eigenvalue weighted by molar-refractivity contribution is -0.274. The van der Waals surface area contributed by atoms with E-state index in [9.17, 15) is 27.2 Å². The van der Waals surface area contributed by atoms with Gasteiger partial charge in [-0.3, -0.25) is 19.1 Å². The Hall–Kier alpha value is -3.70. The summed E-state index contributed by atoms with van der Waals surface area (Å²) >= 11 is 6.45. The van der Waals surface area contributed by atoms with Crippen LogP contribution in [0, 0.1) is 5.82 Å². The van der Waals surface area contributed by atoms with Crippen LogP contribution in [-0.2, 0) is 13.6 Å². The Balaban J connectivity index is 1.42. The van der Waals surface area contributed by atoms with E-state index in [0.29, 0.717) is 38.0 Å². The molecule has 0 radical (unpaired) electrons. The minimum Gasteiger partial charge on any atom is -0.406 e. The summed E-state index contributed by atoms with van der Waals surface area (Å²) in [4.78, 5) is 32.7. The van der Waals surface area contributed by atoms with Crippen LogP contribution < -0.4 is 15.9 Å². The first kappa shape index (κ1) is 26.9. The largest absolute Gasteiger partial charge is 0.573 e. The van der Waals surface area contributed by atoms with Crippen LogP contribution in [0.5, 0.6) is 5.75 Å². The molecule has 0 N–H and O–H groups in total. The number of nitrogens with zero attached hydrogens (tertiary/aromatic N) is 4. The summed E-state index contributed by atoms with van der Waals surface area (Å²) in [5, 5.41) is 0.147. The maximum absolute atomic E-state index is 14.6. The highest BCUT2D eigenvalue weighted by Gasteiger charge is 2.31. The number of alkyl halides is 3. The first-order valence-electron chi connectivity index (χ1n) is 12.2. The normalized spacial score (nSPS) is 15.1. The van der Waals surface area contributed by atoms with Crippen molar-refractivity contribution >= 4 is 22.8 Å². The molecule has 0 aliphatic carbocycles. The van der Waals surface area contributed by atoms with Crippen molar-refractivity contribution in [1.29, 1.82) is 0 Å². The summed E-state index contributed by atoms with van der Waals surface area (Å²) in [7, 11) is 1.46. The lowest BCUT2D eigenvalue weighted by atomic mass is 10.0. The molecule has 3 heterocycles. The molecule has 0 spiro atoms. The number of aryl methyl sites for hydroxylation is 1. The van der Waals surface area contributed by atoms with Gasteiger partial charge in [-0.15, -0.1) is 13.2 Å². The van der Waals surface area contributed by atoms with E-state index in [1.54, 1.807) is 30.3 Å². The zero-order valence-electron chi connectivity index (χ0n) is 20.7. The molecule has 0 atom stereocenters. The molecule has 2 aromatic heterocycles. The number of hydrogen-bond donors (Lipinski definition) is 0. The van der Waals surface area contributed by atoms with Gasteiger partial charge in [-0.05, 0) is 48.7 Å². The second-order valence-electron chi connectivity index (χ2n) is 9.38. The molecule has 1 saturated heterocycles. The third kappa shape index (κ3) is 5.55. The Labute approximate surface area is 224 Å². The van der Waals surface area contributed by atoms with Gasteiger partial charge in [0.25, 0.3) is 0 Å². The van der Waals surface area contributed by atoms with Crippen molar-refractivity contribution in [3.05, 3.63) is 91.7 Å². The first-order chi connectivity index (χ1) is 18.5. The second-order valence-corrected chi connectivity index (χ2v) is 9.79. The predicted octanol–water partition coefficient (Wildman–Crippen LogP) is 5.29. The highest BCUT2D eigenvalue weighted by atomic mass is 35.5. The van der Waals surface area contributed by atoms with Gasteiger partial charge in [-0.1, -0.05) is 35.9 Å². The fourth-order valence-corrected chi connectivity index (χ4v) is 5.16. The summed E-state index contributed by atoms with van der Waals surface area (Å²) < 4.78 is 58.3. The SMILES string of the molecule is Cn1c(=O)c(=O)n(C2CCN(Cc3ccc(OC(F)(F)F)cc3)CC2)c2nc(-c3ccccc3F)c(Cl)cc21. The lowest BCUT2D eigenvalue weighted by Gasteiger charge is -2.33. The monoisotopic (exact) mass is 562 g/mol. The molecule has 4 aromatic rings. The molecular weight excluding hydrogens is 540 g/mol. The maximum Gasteiger partial charge on any atom is 0.573 e. The van der Waals surface area contributed by atoms with Crippen LogP contribution >= 0.6 is 11.6 Å². The van der Waals surface area contributed by atoms with E-state index >= 15 is 0 Å². The summed E-state index contributed by atoms with van der Waals surface area (Å²) in [6, 6.07) is 12.9. The van der Waals surface area contributed by atoms with E-state index < -0.39 is 23.3 Å². The van der Waals surface area contributed by atoms with Crippen LogP contribution in [-0.4, -0.2) is 38.5 Å². The molecule has 2 aromatic carbocycles. The zero-order valence-corrected chi connectivity index (χ0v) is 21.5. The minimum atomic E-state index is -4.75. The highest BCUT2D eigenvalue weighted by molar-refractivity contribution is 6.33. The Kier molecular flexibility index (Phi) is 7.21. The van der Waals surface area contributed by atoms with Crippen molar-refractivity contribution in [3.8, 4) is 17.0 Å². The highest BCUT2D eigenvalue weighted by Crippen LogP contribution is 2.32. The number of aromatic nitrogens is 3. The number of piperidine rings is 1. The molecular formula is C27H23ClF4N4O3. The number of likely N-dealkylation sites (tertiary alicyclic amines) is 1. The fraction of sp³-hybridized carbons (Fsp3) is 0.296. The molecule has 1 aliphatic rings. The molecule has 0 amide bonds. The minimum absolute atomic E-state index is 0.147. The number of halogens is 5. The number of rotatable bonds is 5. The number of benzene rings is 2. The van der Waals surface area contributed by atoms with Crippen molar-refractivity contribution in [2.75, 3.05) is 13.1 Å². The average Bonchev–Trinajstić information content (AvgIpc) is 2.89. The van der Waals surface area contributed by atoms with Gasteiger partial charge in [0.1, 0.15) is 11.6 Å². The number of ether oxygens (including phenoxy) is 1. The molecule has 0 saturated carbocycles. The Morgan fingerprint density at radius 3 is 2.33 bits per heavy atom. The molecule has 1 aliphatic heterocycles. The summed E-state index contributed by atoms with van der Waals surface area (Å²) in [6.07, 6.45) is -3.70. The summed E-state index contributed by atoms with van der Waals surface area (Å²) in [6.45, 7) is 1.64. The van der Waals surface area contributed by atoms with Gasteiger partial charge in [0.15, 0.2) is 5.65 Å². The van der Waals surface area contributed by atoms with Gasteiger partial charge in [-0.25, -0.2) is 9.37 Å². The lowest BCUT2D eigenvalue weighted by Crippen LogP contribution is -2.45. The van der Waals surface area contributed by atoms with E-state index in [1.165, 1.54) is 40.4 Å². The predicted molar refractivity (Wildman–Crippen MR) is 138 cm³/mol. The molecule has 204 valence electrons. The molecule has 7 nitrogen and oxygen atoms in total. The quantitative estimate of drug-likeness (QED) is 0.244. The number of pyridine rings is 1. The zero-order chi connectivity index (χ0) is 27.9. The van der Waals surface area contributed by atoms with Gasteiger partial charge in [0.2, 0.25) is 0 Å². The summed E-state index contributed by atoms with van der Waals surface area (Å²) in [5.74, 6) is -0.805. The summed E-state index contributed by atoms with van der Waals surface area (Å²) in [5.41, 5.74) is 0.311. The number of hydrogen-bond acceptors (Lipinski definition) is 5. The third-order valence-electron chi connectivity index (χ3n) is 6.85. The Bertz CT molecular complexity index is 1640. The van der Waals surface area contributed by atoms with E-state index in [-0.39, 0.29) is 33.7 Å². The van der Waals surface area contributed by atoms with Crippen molar-refractivity contribution < 1.29 is 22.3 Å². The Morgan fingerprint density at radius 1 is 1.03 bits per heavy atom. The molecule has 12 heteroatoms. The van der Waals surface area contributed by atoms with Gasteiger partial charge in [-0.2, -0.15) is 0 Å². The van der Waals surface area contributed by atoms with Crippen LogP contribution in [0.3, 0.4) is 0 Å². The van der Waals surface area contributed by atoms with E-state index in [4.69, 9.17) is 11.6 Å². The van der Waals surface area contributed by atoms with Gasteiger partial charge >= 0.3 is 17.5 Å². The third-order valence-corrected chi connectivity index (χ3v) is 7.13. The smallest absolute Gasteiger partial charge is 0.406 e. The van der Waals surface area contributed by atoms with Crippen molar-refractivity contribution in [2.45, 2.75) is 31.8 Å². The van der Waals surface area contributed by atoms with Gasteiger partial charge in [0.05, 0.1) is 16.2 Å². The molecule has 39 heavy (non-hydrogen) atoms. The maximum atomic E-state index is 14.6. The standard InChI is InChI=1S/C27H23ClF4N4O3/c1-34-22-14-20(28)23(19-4-2-3-5-21(19)29)33-24(22)36(26(38)25(34)37)17-10-12-35(13-11-17)15-16-6-8-18(9-7-16)39-27(30,31)32/h2-9,14,17H,10-13,15H2,1H3. The van der Waals surface area contributed by atoms with Crippen molar-refractivity contribution in [1.82, 2.24) is 19.0 Å². The number of fused-ring (bicyclic) bond motifs is 1. The van der Waals surface area contributed by atoms with Crippen LogP contribution in [0.2, 0.25) is 5.02 Å². The van der Waals surface area contributed by atoms with Crippen molar-refractivity contribution in [3.63, 3.8) is 0 Å².